The maximum atomic E-state index is 5.40. The van der Waals surface area contributed by atoms with E-state index in [1.54, 1.807) is 0 Å². The summed E-state index contributed by atoms with van der Waals surface area (Å²) in [5.74, 6) is 2.50. The average molecular weight is 862 g/mol. The van der Waals surface area contributed by atoms with Crippen molar-refractivity contribution in [2.24, 2.45) is 11.8 Å². The maximum Gasteiger partial charge on any atom is 0.164 e. The van der Waals surface area contributed by atoms with E-state index in [4.69, 9.17) is 19.9 Å². The molecule has 0 saturated heterocycles. The van der Waals surface area contributed by atoms with Crippen LogP contribution in [-0.2, 0) is 0 Å². The van der Waals surface area contributed by atoms with Gasteiger partial charge in [-0.3, -0.25) is 0 Å². The van der Waals surface area contributed by atoms with Crippen molar-refractivity contribution in [3.8, 4) is 56.4 Å². The highest BCUT2D eigenvalue weighted by atomic mass is 15.0. The molecule has 0 bridgehead atoms. The second kappa shape index (κ2) is 16.9. The zero-order valence-electron chi connectivity index (χ0n) is 37.5. The minimum Gasteiger partial charge on any atom is -0.332 e. The number of rotatable bonds is 8. The largest absolute Gasteiger partial charge is 0.332 e. The quantitative estimate of drug-likeness (QED) is 0.153. The van der Waals surface area contributed by atoms with Crippen molar-refractivity contribution in [2.45, 2.75) is 26.3 Å². The van der Waals surface area contributed by atoms with Crippen LogP contribution in [0.2, 0.25) is 0 Å². The standard InChI is InChI=1S/C62H47N5/c1-40-15-9-10-20-51(40)58-57-53-22-12-14-24-56(53)67(59(57)52-21-11-13-23-54(52)63-58)55-38-37-50(39-41(55)2)46-29-35-49(36-30-46)62-65-60(47-31-25-44(26-32-47)42-16-5-3-6-17-42)64-61(66-62)48-33-27-45(28-34-48)43-18-7-4-8-19-43/h3-14,16-41,55H,15H2,1-2H3. The predicted octanol–water partition coefficient (Wildman–Crippen LogP) is 15.7. The van der Waals surface area contributed by atoms with Crippen LogP contribution < -0.4 is 0 Å². The molecular formula is C62H47N5. The van der Waals surface area contributed by atoms with E-state index in [0.29, 0.717) is 23.4 Å². The van der Waals surface area contributed by atoms with Crippen molar-refractivity contribution in [3.63, 3.8) is 0 Å². The van der Waals surface area contributed by atoms with Gasteiger partial charge >= 0.3 is 0 Å². The van der Waals surface area contributed by atoms with Crippen molar-refractivity contribution >= 4 is 43.9 Å². The van der Waals surface area contributed by atoms with E-state index in [9.17, 15) is 0 Å². The molecule has 3 atom stereocenters. The van der Waals surface area contributed by atoms with Crippen molar-refractivity contribution in [2.75, 3.05) is 0 Å². The third kappa shape index (κ3) is 7.39. The molecule has 2 aliphatic rings. The first-order valence-electron chi connectivity index (χ1n) is 23.3. The van der Waals surface area contributed by atoms with Gasteiger partial charge in [0.1, 0.15) is 0 Å². The molecule has 0 fully saturated rings. The molecule has 3 unspecified atom stereocenters. The third-order valence-corrected chi connectivity index (χ3v) is 13.6. The summed E-state index contributed by atoms with van der Waals surface area (Å²) < 4.78 is 2.58. The van der Waals surface area contributed by atoms with Gasteiger partial charge in [0.25, 0.3) is 0 Å². The molecule has 0 spiro atoms. The lowest BCUT2D eigenvalue weighted by Crippen LogP contribution is -2.16. The van der Waals surface area contributed by atoms with Gasteiger partial charge in [0.15, 0.2) is 17.5 Å². The molecule has 2 aliphatic carbocycles. The highest BCUT2D eigenvalue weighted by Gasteiger charge is 2.28. The molecule has 3 heterocycles. The Bertz CT molecular complexity index is 3500. The van der Waals surface area contributed by atoms with Crippen LogP contribution in [0.1, 0.15) is 37.6 Å². The SMILES string of the molecule is CC1CC=CC=C1c1nc2ccccc2c2c1c1ccccc1n2C1C=CC(c2ccc(-c3nc(-c4ccc(-c5ccccc5)cc4)nc(-c4ccc(-c5ccccc5)cc4)n3)cc2)=CC1C. The van der Waals surface area contributed by atoms with Gasteiger partial charge in [-0.25, -0.2) is 19.9 Å². The average Bonchev–Trinajstić information content (AvgIpc) is 3.74. The zero-order valence-corrected chi connectivity index (χ0v) is 37.5. The smallest absolute Gasteiger partial charge is 0.164 e. The summed E-state index contributed by atoms with van der Waals surface area (Å²) in [4.78, 5) is 20.7. The van der Waals surface area contributed by atoms with Crippen LogP contribution in [0.5, 0.6) is 0 Å². The van der Waals surface area contributed by atoms with E-state index < -0.39 is 0 Å². The number of hydrogen-bond acceptors (Lipinski definition) is 4. The second-order valence-corrected chi connectivity index (χ2v) is 17.9. The van der Waals surface area contributed by atoms with Gasteiger partial charge in [-0.1, -0.05) is 220 Å². The molecule has 0 N–H and O–H groups in total. The normalized spacial score (nSPS) is 17.0. The van der Waals surface area contributed by atoms with Crippen LogP contribution in [0.25, 0.3) is 100 Å². The van der Waals surface area contributed by atoms with Crippen LogP contribution in [0, 0.1) is 11.8 Å². The van der Waals surface area contributed by atoms with Gasteiger partial charge in [0.05, 0.1) is 22.8 Å². The molecule has 320 valence electrons. The summed E-state index contributed by atoms with van der Waals surface area (Å²) in [5, 5.41) is 3.67. The highest BCUT2D eigenvalue weighted by molar-refractivity contribution is 6.20. The number of aromatic nitrogens is 5. The van der Waals surface area contributed by atoms with Crippen LogP contribution in [0.3, 0.4) is 0 Å². The summed E-state index contributed by atoms with van der Waals surface area (Å²) in [5.41, 5.74) is 15.7. The molecule has 3 aromatic heterocycles. The van der Waals surface area contributed by atoms with Gasteiger partial charge in [-0.15, -0.1) is 0 Å². The van der Waals surface area contributed by atoms with E-state index in [-0.39, 0.29) is 12.0 Å². The van der Waals surface area contributed by atoms with Crippen LogP contribution in [0.4, 0.5) is 0 Å². The Kier molecular flexibility index (Phi) is 10.2. The summed E-state index contributed by atoms with van der Waals surface area (Å²) in [6, 6.07) is 64.2. The number of nitrogens with zero attached hydrogens (tertiary/aromatic N) is 5. The van der Waals surface area contributed by atoms with Gasteiger partial charge in [-0.2, -0.15) is 0 Å². The van der Waals surface area contributed by atoms with E-state index in [1.165, 1.54) is 49.5 Å². The molecule has 10 aromatic rings. The predicted molar refractivity (Wildman–Crippen MR) is 278 cm³/mol. The molecule has 12 rings (SSSR count). The fourth-order valence-electron chi connectivity index (χ4n) is 10.1. The molecule has 7 aromatic carbocycles. The molecule has 67 heavy (non-hydrogen) atoms. The number of para-hydroxylation sites is 2. The van der Waals surface area contributed by atoms with Crippen LogP contribution >= 0.6 is 0 Å². The first-order valence-corrected chi connectivity index (χ1v) is 23.3. The summed E-state index contributed by atoms with van der Waals surface area (Å²) in [6.07, 6.45) is 14.9. The molecule has 0 saturated carbocycles. The Morgan fingerprint density at radius 2 is 0.970 bits per heavy atom. The van der Waals surface area contributed by atoms with E-state index in [1.807, 2.05) is 12.1 Å². The molecule has 0 amide bonds. The Balaban J connectivity index is 0.895. The zero-order chi connectivity index (χ0) is 44.8. The first-order chi connectivity index (χ1) is 33.0. The van der Waals surface area contributed by atoms with E-state index in [2.05, 4.69) is 225 Å². The van der Waals surface area contributed by atoms with Crippen LogP contribution in [-0.4, -0.2) is 24.5 Å². The fourth-order valence-corrected chi connectivity index (χ4v) is 10.1. The third-order valence-electron chi connectivity index (χ3n) is 13.6. The molecule has 0 radical (unpaired) electrons. The lowest BCUT2D eigenvalue weighted by atomic mass is 9.88. The van der Waals surface area contributed by atoms with Crippen molar-refractivity contribution in [1.82, 2.24) is 24.5 Å². The van der Waals surface area contributed by atoms with Crippen molar-refractivity contribution in [1.29, 1.82) is 0 Å². The molecular weight excluding hydrogens is 815 g/mol. The lowest BCUT2D eigenvalue weighted by molar-refractivity contribution is 0.512. The van der Waals surface area contributed by atoms with Gasteiger partial charge in [-0.05, 0) is 69.4 Å². The summed E-state index contributed by atoms with van der Waals surface area (Å²) >= 11 is 0. The Morgan fingerprint density at radius 3 is 1.54 bits per heavy atom. The van der Waals surface area contributed by atoms with Gasteiger partial charge in [0.2, 0.25) is 0 Å². The fraction of sp³-hybridized carbons (Fsp3) is 0.0968. The molecule has 5 heteroatoms. The maximum absolute atomic E-state index is 5.40. The minimum absolute atomic E-state index is 0.104. The summed E-state index contributed by atoms with van der Waals surface area (Å²) in [7, 11) is 0. The van der Waals surface area contributed by atoms with Crippen LogP contribution in [0.15, 0.2) is 218 Å². The molecule has 5 nitrogen and oxygen atoms in total. The number of benzene rings is 7. The monoisotopic (exact) mass is 861 g/mol. The topological polar surface area (TPSA) is 56.5 Å². The van der Waals surface area contributed by atoms with Crippen molar-refractivity contribution < 1.29 is 0 Å². The van der Waals surface area contributed by atoms with E-state index >= 15 is 0 Å². The minimum atomic E-state index is 0.104. The summed E-state index contributed by atoms with van der Waals surface area (Å²) in [6.45, 7) is 4.66. The van der Waals surface area contributed by atoms with Gasteiger partial charge < -0.3 is 4.57 Å². The number of allylic oxidation sites excluding steroid dienone is 8. The Hall–Kier alpha value is -8.28. The number of hydrogen-bond donors (Lipinski definition) is 0. The number of pyridine rings is 1. The van der Waals surface area contributed by atoms with E-state index in [0.717, 1.165) is 51.0 Å². The molecule has 0 aliphatic heterocycles. The first kappa shape index (κ1) is 40.2. The Labute approximate surface area is 390 Å². The number of fused-ring (bicyclic) bond motifs is 5. The highest BCUT2D eigenvalue weighted by Crippen LogP contribution is 2.45. The van der Waals surface area contributed by atoms with Gasteiger partial charge in [0, 0.05) is 38.4 Å². The lowest BCUT2D eigenvalue weighted by Gasteiger charge is -2.27. The Morgan fingerprint density at radius 1 is 0.478 bits per heavy atom. The second-order valence-electron chi connectivity index (χ2n) is 17.9. The van der Waals surface area contributed by atoms with Crippen molar-refractivity contribution in [3.05, 3.63) is 230 Å².